The number of pyridine rings is 1. The first kappa shape index (κ1) is 12.3. The van der Waals surface area contributed by atoms with Gasteiger partial charge in [0.05, 0.1) is 12.8 Å². The molecule has 0 bridgehead atoms. The predicted molar refractivity (Wildman–Crippen MR) is 59.7 cm³/mol. The number of nitrogens with zero attached hydrogens (tertiary/aromatic N) is 1. The summed E-state index contributed by atoms with van der Waals surface area (Å²) in [6.07, 6.45) is -0.850. The lowest BCUT2D eigenvalue weighted by atomic mass is 9.91. The zero-order chi connectivity index (χ0) is 12.3. The molecular weight excluding hydrogens is 208 g/mol. The molecule has 1 heterocycles. The molecule has 0 aliphatic rings. The molecule has 0 saturated carbocycles. The number of hydrogen-bond acceptors (Lipinski definition) is 4. The summed E-state index contributed by atoms with van der Waals surface area (Å²) >= 11 is 0. The summed E-state index contributed by atoms with van der Waals surface area (Å²) in [5, 5.41) is 0. The predicted octanol–water partition coefficient (Wildman–Crippen LogP) is 1.85. The van der Waals surface area contributed by atoms with Crippen LogP contribution in [0.2, 0.25) is 0 Å². The number of rotatable bonds is 2. The van der Waals surface area contributed by atoms with Crippen LogP contribution in [0, 0.1) is 0 Å². The lowest BCUT2D eigenvalue weighted by Gasteiger charge is -2.20. The van der Waals surface area contributed by atoms with Crippen molar-refractivity contribution in [3.05, 3.63) is 17.8 Å². The molecule has 1 aromatic rings. The molecule has 16 heavy (non-hydrogen) atoms. The Balaban J connectivity index is 3.22. The van der Waals surface area contributed by atoms with Gasteiger partial charge in [0.2, 0.25) is 5.88 Å². The monoisotopic (exact) mass is 224 g/mol. The largest absolute Gasteiger partial charge is 0.481 e. The molecule has 0 unspecified atom stereocenters. The molecule has 0 atom stereocenters. The Morgan fingerprint density at radius 2 is 2.00 bits per heavy atom. The van der Waals surface area contributed by atoms with Gasteiger partial charge in [-0.25, -0.2) is 9.78 Å². The standard InChI is InChI=1S/C11H16N2O3/c1-11(2,3)9-7(16-10(12)14)5-6-8(13-9)15-4/h5-6H,1-4H3,(H2,12,14). The van der Waals surface area contributed by atoms with Gasteiger partial charge in [0.15, 0.2) is 5.75 Å². The molecule has 5 heteroatoms. The molecule has 1 amide bonds. The van der Waals surface area contributed by atoms with Crippen LogP contribution in [0.1, 0.15) is 26.5 Å². The van der Waals surface area contributed by atoms with Crippen molar-refractivity contribution in [3.8, 4) is 11.6 Å². The highest BCUT2D eigenvalue weighted by atomic mass is 16.5. The first-order valence-corrected chi connectivity index (χ1v) is 4.87. The smallest absolute Gasteiger partial charge is 0.410 e. The van der Waals surface area contributed by atoms with Gasteiger partial charge in [-0.1, -0.05) is 20.8 Å². The van der Waals surface area contributed by atoms with Crippen LogP contribution in [0.25, 0.3) is 0 Å². The number of nitrogens with two attached hydrogens (primary N) is 1. The number of carbonyl (C=O) groups is 1. The normalized spacial score (nSPS) is 11.0. The van der Waals surface area contributed by atoms with E-state index in [0.717, 1.165) is 0 Å². The van der Waals surface area contributed by atoms with Crippen molar-refractivity contribution in [1.29, 1.82) is 0 Å². The average molecular weight is 224 g/mol. The van der Waals surface area contributed by atoms with Crippen molar-refractivity contribution < 1.29 is 14.3 Å². The summed E-state index contributed by atoms with van der Waals surface area (Å²) < 4.78 is 9.92. The molecule has 0 aliphatic carbocycles. The number of primary amides is 1. The van der Waals surface area contributed by atoms with Crippen molar-refractivity contribution >= 4 is 6.09 Å². The zero-order valence-corrected chi connectivity index (χ0v) is 9.90. The van der Waals surface area contributed by atoms with Crippen LogP contribution in [-0.4, -0.2) is 18.2 Å². The number of ether oxygens (including phenoxy) is 2. The third kappa shape index (κ3) is 2.85. The van der Waals surface area contributed by atoms with E-state index >= 15 is 0 Å². The first-order valence-electron chi connectivity index (χ1n) is 4.87. The highest BCUT2D eigenvalue weighted by Gasteiger charge is 2.22. The molecule has 0 saturated heterocycles. The SMILES string of the molecule is COc1ccc(OC(N)=O)c(C(C)(C)C)n1. The van der Waals surface area contributed by atoms with E-state index in [9.17, 15) is 4.79 Å². The molecule has 1 rings (SSSR count). The fourth-order valence-corrected chi connectivity index (χ4v) is 1.27. The molecule has 0 spiro atoms. The summed E-state index contributed by atoms with van der Waals surface area (Å²) in [5.74, 6) is 0.836. The van der Waals surface area contributed by atoms with Crippen LogP contribution in [-0.2, 0) is 5.41 Å². The molecule has 5 nitrogen and oxygen atoms in total. The third-order valence-corrected chi connectivity index (χ3v) is 1.96. The Morgan fingerprint density at radius 3 is 2.44 bits per heavy atom. The van der Waals surface area contributed by atoms with Crippen LogP contribution in [0.4, 0.5) is 4.79 Å². The number of methoxy groups -OCH3 is 1. The van der Waals surface area contributed by atoms with Gasteiger partial charge < -0.3 is 15.2 Å². The minimum atomic E-state index is -0.850. The van der Waals surface area contributed by atoms with E-state index in [0.29, 0.717) is 17.3 Å². The van der Waals surface area contributed by atoms with Crippen LogP contribution < -0.4 is 15.2 Å². The van der Waals surface area contributed by atoms with Crippen molar-refractivity contribution in [2.24, 2.45) is 5.73 Å². The maximum atomic E-state index is 10.7. The van der Waals surface area contributed by atoms with Gasteiger partial charge in [-0.15, -0.1) is 0 Å². The van der Waals surface area contributed by atoms with E-state index in [-0.39, 0.29) is 5.41 Å². The number of hydrogen-bond donors (Lipinski definition) is 1. The van der Waals surface area contributed by atoms with Crippen molar-refractivity contribution in [2.75, 3.05) is 7.11 Å². The molecule has 0 aliphatic heterocycles. The average Bonchev–Trinajstić information content (AvgIpc) is 2.15. The minimum Gasteiger partial charge on any atom is -0.481 e. The molecule has 0 fully saturated rings. The Labute approximate surface area is 94.6 Å². The first-order chi connectivity index (χ1) is 7.34. The summed E-state index contributed by atoms with van der Waals surface area (Å²) in [6, 6.07) is 3.24. The number of carbonyl (C=O) groups excluding carboxylic acids is 1. The van der Waals surface area contributed by atoms with Crippen molar-refractivity contribution in [3.63, 3.8) is 0 Å². The highest BCUT2D eigenvalue weighted by molar-refractivity contribution is 5.68. The lowest BCUT2D eigenvalue weighted by Crippen LogP contribution is -2.21. The second-order valence-corrected chi connectivity index (χ2v) is 4.37. The van der Waals surface area contributed by atoms with E-state index < -0.39 is 6.09 Å². The molecule has 88 valence electrons. The van der Waals surface area contributed by atoms with E-state index in [1.807, 2.05) is 20.8 Å². The van der Waals surface area contributed by atoms with Crippen LogP contribution in [0.3, 0.4) is 0 Å². The number of aromatic nitrogens is 1. The van der Waals surface area contributed by atoms with Gasteiger partial charge >= 0.3 is 6.09 Å². The van der Waals surface area contributed by atoms with Gasteiger partial charge in [0, 0.05) is 11.5 Å². The quantitative estimate of drug-likeness (QED) is 0.831. The minimum absolute atomic E-state index is 0.265. The summed E-state index contributed by atoms with van der Waals surface area (Å²) in [6.45, 7) is 5.88. The summed E-state index contributed by atoms with van der Waals surface area (Å²) in [5.41, 5.74) is 5.35. The topological polar surface area (TPSA) is 74.4 Å². The Hall–Kier alpha value is -1.78. The molecule has 2 N–H and O–H groups in total. The van der Waals surface area contributed by atoms with E-state index in [2.05, 4.69) is 4.98 Å². The zero-order valence-electron chi connectivity index (χ0n) is 9.90. The number of amides is 1. The highest BCUT2D eigenvalue weighted by Crippen LogP contribution is 2.31. The van der Waals surface area contributed by atoms with Gasteiger partial charge in [-0.3, -0.25) is 0 Å². The summed E-state index contributed by atoms with van der Waals surface area (Å²) in [7, 11) is 1.53. The van der Waals surface area contributed by atoms with Gasteiger partial charge in [-0.05, 0) is 6.07 Å². The molecule has 0 aromatic carbocycles. The fourth-order valence-electron chi connectivity index (χ4n) is 1.27. The lowest BCUT2D eigenvalue weighted by molar-refractivity contribution is 0.209. The van der Waals surface area contributed by atoms with Crippen LogP contribution in [0.15, 0.2) is 12.1 Å². The molecule has 0 radical (unpaired) electrons. The fraction of sp³-hybridized carbons (Fsp3) is 0.455. The van der Waals surface area contributed by atoms with Crippen LogP contribution in [0.5, 0.6) is 11.6 Å². The Bertz CT molecular complexity index is 397. The van der Waals surface area contributed by atoms with Crippen molar-refractivity contribution in [2.45, 2.75) is 26.2 Å². The van der Waals surface area contributed by atoms with Gasteiger partial charge in [0.25, 0.3) is 0 Å². The van der Waals surface area contributed by atoms with E-state index in [1.54, 1.807) is 12.1 Å². The molecule has 1 aromatic heterocycles. The van der Waals surface area contributed by atoms with E-state index in [1.165, 1.54) is 7.11 Å². The maximum Gasteiger partial charge on any atom is 0.410 e. The van der Waals surface area contributed by atoms with Crippen molar-refractivity contribution in [1.82, 2.24) is 4.98 Å². The summed E-state index contributed by atoms with van der Waals surface area (Å²) in [4.78, 5) is 15.0. The van der Waals surface area contributed by atoms with Crippen LogP contribution >= 0.6 is 0 Å². The maximum absolute atomic E-state index is 10.7. The third-order valence-electron chi connectivity index (χ3n) is 1.96. The molecular formula is C11H16N2O3. The van der Waals surface area contributed by atoms with Gasteiger partial charge in [-0.2, -0.15) is 0 Å². The van der Waals surface area contributed by atoms with E-state index in [4.69, 9.17) is 15.2 Å². The second-order valence-electron chi connectivity index (χ2n) is 4.37. The second kappa shape index (κ2) is 4.38. The Kier molecular flexibility index (Phi) is 3.37. The Morgan fingerprint density at radius 1 is 1.38 bits per heavy atom. The van der Waals surface area contributed by atoms with Gasteiger partial charge in [0.1, 0.15) is 0 Å².